The Hall–Kier alpha value is -1.21. The molecule has 0 heterocycles. The van der Waals surface area contributed by atoms with Crippen molar-refractivity contribution in [2.75, 3.05) is 40.4 Å². The standard InChI is InChI=1S/C13H20ClN3O3/c1-16(7-8-20-2)6-5-15-10-11-9-12(14)3-4-13(11)17(18)19/h3-4,9,15H,5-8,10H2,1-2H3. The quantitative estimate of drug-likeness (QED) is 0.429. The molecular formula is C13H20ClN3O3. The highest BCUT2D eigenvalue weighted by Crippen LogP contribution is 2.22. The van der Waals surface area contributed by atoms with E-state index in [0.29, 0.717) is 23.7 Å². The van der Waals surface area contributed by atoms with Crippen LogP contribution in [0.1, 0.15) is 5.56 Å². The predicted octanol–water partition coefficient (Wildman–Crippen LogP) is 1.92. The summed E-state index contributed by atoms with van der Waals surface area (Å²) in [6, 6.07) is 4.59. The maximum Gasteiger partial charge on any atom is 0.273 e. The zero-order valence-electron chi connectivity index (χ0n) is 11.8. The molecule has 7 heteroatoms. The molecule has 1 aromatic carbocycles. The van der Waals surface area contributed by atoms with Gasteiger partial charge in [-0.15, -0.1) is 0 Å². The third kappa shape index (κ3) is 5.83. The van der Waals surface area contributed by atoms with Crippen molar-refractivity contribution in [3.05, 3.63) is 38.9 Å². The number of nitrogens with one attached hydrogen (secondary N) is 1. The zero-order chi connectivity index (χ0) is 15.0. The molecule has 6 nitrogen and oxygen atoms in total. The summed E-state index contributed by atoms with van der Waals surface area (Å²) >= 11 is 5.87. The van der Waals surface area contributed by atoms with Gasteiger partial charge in [-0.05, 0) is 19.2 Å². The van der Waals surface area contributed by atoms with Crippen LogP contribution >= 0.6 is 11.6 Å². The molecule has 1 N–H and O–H groups in total. The van der Waals surface area contributed by atoms with E-state index in [-0.39, 0.29) is 5.69 Å². The van der Waals surface area contributed by atoms with Gasteiger partial charge in [0.25, 0.3) is 5.69 Å². The molecule has 0 aliphatic heterocycles. The number of ether oxygens (including phenoxy) is 1. The lowest BCUT2D eigenvalue weighted by atomic mass is 10.2. The minimum absolute atomic E-state index is 0.0923. The van der Waals surface area contributed by atoms with Crippen LogP contribution in [0.2, 0.25) is 5.02 Å². The number of benzene rings is 1. The van der Waals surface area contributed by atoms with Crippen molar-refractivity contribution in [2.45, 2.75) is 6.54 Å². The van der Waals surface area contributed by atoms with Gasteiger partial charge >= 0.3 is 0 Å². The first-order valence-electron chi connectivity index (χ1n) is 6.35. The van der Waals surface area contributed by atoms with Gasteiger partial charge in [-0.25, -0.2) is 0 Å². The molecule has 0 aliphatic carbocycles. The van der Waals surface area contributed by atoms with Crippen LogP contribution in [-0.4, -0.2) is 50.2 Å². The SMILES string of the molecule is COCCN(C)CCNCc1cc(Cl)ccc1[N+](=O)[O-]. The van der Waals surface area contributed by atoms with E-state index in [1.807, 2.05) is 7.05 Å². The topological polar surface area (TPSA) is 67.6 Å². The molecular weight excluding hydrogens is 282 g/mol. The van der Waals surface area contributed by atoms with Crippen LogP contribution in [0.4, 0.5) is 5.69 Å². The normalized spacial score (nSPS) is 11.0. The fraction of sp³-hybridized carbons (Fsp3) is 0.538. The highest BCUT2D eigenvalue weighted by molar-refractivity contribution is 6.30. The second-order valence-corrected chi connectivity index (χ2v) is 4.94. The average molecular weight is 302 g/mol. The number of methoxy groups -OCH3 is 1. The van der Waals surface area contributed by atoms with Crippen LogP contribution in [-0.2, 0) is 11.3 Å². The second-order valence-electron chi connectivity index (χ2n) is 4.50. The Morgan fingerprint density at radius 3 is 2.85 bits per heavy atom. The zero-order valence-corrected chi connectivity index (χ0v) is 12.5. The minimum atomic E-state index is -0.391. The number of nitro benzene ring substituents is 1. The molecule has 0 atom stereocenters. The maximum absolute atomic E-state index is 10.9. The summed E-state index contributed by atoms with van der Waals surface area (Å²) in [5, 5.41) is 14.6. The molecule has 0 saturated heterocycles. The van der Waals surface area contributed by atoms with Gasteiger partial charge in [0.15, 0.2) is 0 Å². The molecule has 0 bridgehead atoms. The fourth-order valence-electron chi connectivity index (χ4n) is 1.73. The van der Waals surface area contributed by atoms with E-state index in [1.54, 1.807) is 13.2 Å². The molecule has 0 amide bonds. The van der Waals surface area contributed by atoms with Crippen LogP contribution in [0.15, 0.2) is 18.2 Å². The number of nitro groups is 1. The van der Waals surface area contributed by atoms with E-state index in [9.17, 15) is 10.1 Å². The van der Waals surface area contributed by atoms with Gasteiger partial charge in [-0.3, -0.25) is 10.1 Å². The largest absolute Gasteiger partial charge is 0.383 e. The third-order valence-electron chi connectivity index (χ3n) is 2.90. The van der Waals surface area contributed by atoms with Crippen LogP contribution < -0.4 is 5.32 Å². The molecule has 0 fully saturated rings. The predicted molar refractivity (Wildman–Crippen MR) is 79.2 cm³/mol. The van der Waals surface area contributed by atoms with Crippen molar-refractivity contribution in [1.29, 1.82) is 0 Å². The lowest BCUT2D eigenvalue weighted by molar-refractivity contribution is -0.385. The monoisotopic (exact) mass is 301 g/mol. The summed E-state index contributed by atoms with van der Waals surface area (Å²) in [5.41, 5.74) is 0.691. The van der Waals surface area contributed by atoms with Crippen LogP contribution in [0.5, 0.6) is 0 Å². The molecule has 0 aromatic heterocycles. The summed E-state index contributed by atoms with van der Waals surface area (Å²) in [6.07, 6.45) is 0. The van der Waals surface area contributed by atoms with Gasteiger partial charge in [0.1, 0.15) is 0 Å². The number of nitrogens with zero attached hydrogens (tertiary/aromatic N) is 2. The van der Waals surface area contributed by atoms with Gasteiger partial charge in [0, 0.05) is 49.9 Å². The summed E-state index contributed by atoms with van der Waals surface area (Å²) in [7, 11) is 3.67. The Morgan fingerprint density at radius 2 is 2.20 bits per heavy atom. The number of halogens is 1. The minimum Gasteiger partial charge on any atom is -0.383 e. The van der Waals surface area contributed by atoms with Crippen molar-refractivity contribution in [3.8, 4) is 0 Å². The highest BCUT2D eigenvalue weighted by Gasteiger charge is 2.13. The van der Waals surface area contributed by atoms with Crippen molar-refractivity contribution in [2.24, 2.45) is 0 Å². The molecule has 1 aromatic rings. The summed E-state index contributed by atoms with van der Waals surface area (Å²) in [5.74, 6) is 0. The van der Waals surface area contributed by atoms with Crippen molar-refractivity contribution in [1.82, 2.24) is 10.2 Å². The Morgan fingerprint density at radius 1 is 1.45 bits per heavy atom. The van der Waals surface area contributed by atoms with E-state index in [4.69, 9.17) is 16.3 Å². The molecule has 112 valence electrons. The van der Waals surface area contributed by atoms with E-state index in [0.717, 1.165) is 19.6 Å². The molecule has 0 spiro atoms. The van der Waals surface area contributed by atoms with Gasteiger partial charge in [0.2, 0.25) is 0 Å². The number of rotatable bonds is 9. The van der Waals surface area contributed by atoms with Crippen molar-refractivity contribution in [3.63, 3.8) is 0 Å². The van der Waals surface area contributed by atoms with Gasteiger partial charge in [-0.2, -0.15) is 0 Å². The van der Waals surface area contributed by atoms with Gasteiger partial charge < -0.3 is 15.0 Å². The van der Waals surface area contributed by atoms with E-state index >= 15 is 0 Å². The summed E-state index contributed by atoms with van der Waals surface area (Å²) < 4.78 is 4.99. The lowest BCUT2D eigenvalue weighted by Gasteiger charge is -2.16. The first-order chi connectivity index (χ1) is 9.54. The van der Waals surface area contributed by atoms with E-state index < -0.39 is 4.92 Å². The molecule has 0 saturated carbocycles. The number of hydrogen-bond acceptors (Lipinski definition) is 5. The van der Waals surface area contributed by atoms with E-state index in [2.05, 4.69) is 10.2 Å². The molecule has 1 rings (SSSR count). The van der Waals surface area contributed by atoms with Crippen LogP contribution in [0, 0.1) is 10.1 Å². The highest BCUT2D eigenvalue weighted by atomic mass is 35.5. The Kier molecular flexibility index (Phi) is 7.46. The van der Waals surface area contributed by atoms with Crippen molar-refractivity contribution < 1.29 is 9.66 Å². The Labute approximate surface area is 123 Å². The number of hydrogen-bond donors (Lipinski definition) is 1. The third-order valence-corrected chi connectivity index (χ3v) is 3.14. The summed E-state index contributed by atoms with van der Waals surface area (Å²) in [4.78, 5) is 12.6. The first kappa shape index (κ1) is 16.8. The Bertz CT molecular complexity index is 443. The van der Waals surface area contributed by atoms with Crippen LogP contribution in [0.25, 0.3) is 0 Å². The molecule has 0 unspecified atom stereocenters. The van der Waals surface area contributed by atoms with E-state index in [1.165, 1.54) is 12.1 Å². The first-order valence-corrected chi connectivity index (χ1v) is 6.73. The summed E-state index contributed by atoms with van der Waals surface area (Å²) in [6.45, 7) is 3.56. The fourth-order valence-corrected chi connectivity index (χ4v) is 1.92. The smallest absolute Gasteiger partial charge is 0.273 e. The average Bonchev–Trinajstić information content (AvgIpc) is 2.41. The molecule has 20 heavy (non-hydrogen) atoms. The Balaban J connectivity index is 2.42. The van der Waals surface area contributed by atoms with Gasteiger partial charge in [-0.1, -0.05) is 11.6 Å². The lowest BCUT2D eigenvalue weighted by Crippen LogP contribution is -2.31. The second kappa shape index (κ2) is 8.86. The van der Waals surface area contributed by atoms with Crippen molar-refractivity contribution >= 4 is 17.3 Å². The number of likely N-dealkylation sites (N-methyl/N-ethyl adjacent to an activating group) is 1. The molecule has 0 radical (unpaired) electrons. The maximum atomic E-state index is 10.9. The molecule has 0 aliphatic rings. The van der Waals surface area contributed by atoms with Crippen LogP contribution in [0.3, 0.4) is 0 Å². The van der Waals surface area contributed by atoms with Gasteiger partial charge in [0.05, 0.1) is 11.5 Å².